The molecule has 1 aromatic heterocycles. The Bertz CT molecular complexity index is 802. The van der Waals surface area contributed by atoms with Gasteiger partial charge in [-0.3, -0.25) is 0 Å². The fraction of sp³-hybridized carbons (Fsp3) is 0.0625. The highest BCUT2D eigenvalue weighted by atomic mass is 32.1. The van der Waals surface area contributed by atoms with Crippen LogP contribution >= 0.6 is 11.3 Å². The highest BCUT2D eigenvalue weighted by Crippen LogP contribution is 2.41. The highest BCUT2D eigenvalue weighted by Gasteiger charge is 2.15. The molecule has 1 aliphatic rings. The number of hydrogen-bond donors (Lipinski definition) is 0. The van der Waals surface area contributed by atoms with Crippen molar-refractivity contribution in [3.63, 3.8) is 0 Å². The van der Waals surface area contributed by atoms with E-state index in [1.807, 2.05) is 36.4 Å². The summed E-state index contributed by atoms with van der Waals surface area (Å²) >= 11 is 1.71. The van der Waals surface area contributed by atoms with Gasteiger partial charge in [-0.1, -0.05) is 12.1 Å². The van der Waals surface area contributed by atoms with Crippen LogP contribution in [0.5, 0.6) is 11.5 Å². The van der Waals surface area contributed by atoms with Gasteiger partial charge in [0.25, 0.3) is 0 Å². The lowest BCUT2D eigenvalue weighted by atomic mass is 10.1. The number of hydrogen-bond acceptors (Lipinski definition) is 4. The van der Waals surface area contributed by atoms with Crippen molar-refractivity contribution in [2.75, 3.05) is 6.79 Å². The van der Waals surface area contributed by atoms with Gasteiger partial charge in [0.2, 0.25) is 6.79 Å². The van der Waals surface area contributed by atoms with Crippen LogP contribution in [0.2, 0.25) is 0 Å². The minimum Gasteiger partial charge on any atom is -0.454 e. The molecule has 0 aliphatic carbocycles. The first kappa shape index (κ1) is 11.3. The van der Waals surface area contributed by atoms with E-state index in [0.717, 1.165) is 22.4 Å². The third-order valence-corrected chi connectivity index (χ3v) is 4.46. The van der Waals surface area contributed by atoms with E-state index >= 15 is 0 Å². The summed E-state index contributed by atoms with van der Waals surface area (Å²) in [7, 11) is 0. The Morgan fingerprint density at radius 1 is 1.00 bits per heavy atom. The molecule has 1 aliphatic heterocycles. The Morgan fingerprint density at radius 3 is 2.50 bits per heavy atom. The maximum absolute atomic E-state index is 8.83. The molecule has 0 fully saturated rings. The van der Waals surface area contributed by atoms with Crippen molar-refractivity contribution < 1.29 is 9.47 Å². The fourth-order valence-electron chi connectivity index (χ4n) is 2.28. The second-order valence-corrected chi connectivity index (χ2v) is 5.63. The zero-order chi connectivity index (χ0) is 13.5. The van der Waals surface area contributed by atoms with Crippen LogP contribution in [0, 0.1) is 11.3 Å². The van der Waals surface area contributed by atoms with Gasteiger partial charge in [0.1, 0.15) is 0 Å². The van der Waals surface area contributed by atoms with E-state index in [9.17, 15) is 0 Å². The summed E-state index contributed by atoms with van der Waals surface area (Å²) in [6.45, 7) is 0.301. The number of nitriles is 1. The molecule has 2 heterocycles. The van der Waals surface area contributed by atoms with Crippen molar-refractivity contribution in [2.24, 2.45) is 0 Å². The van der Waals surface area contributed by atoms with E-state index in [4.69, 9.17) is 14.7 Å². The molecule has 3 aromatic rings. The van der Waals surface area contributed by atoms with E-state index in [0.29, 0.717) is 12.4 Å². The average molecular weight is 279 g/mol. The zero-order valence-electron chi connectivity index (χ0n) is 10.4. The molecule has 0 radical (unpaired) electrons. The summed E-state index contributed by atoms with van der Waals surface area (Å²) in [5.41, 5.74) is 1.79. The van der Waals surface area contributed by atoms with Gasteiger partial charge >= 0.3 is 0 Å². The quantitative estimate of drug-likeness (QED) is 0.671. The minimum absolute atomic E-state index is 0.301. The van der Waals surface area contributed by atoms with Crippen LogP contribution in [-0.2, 0) is 0 Å². The predicted molar refractivity (Wildman–Crippen MR) is 78.1 cm³/mol. The van der Waals surface area contributed by atoms with Crippen molar-refractivity contribution >= 4 is 21.4 Å². The molecule has 0 bridgehead atoms. The molecule has 4 heteroatoms. The van der Waals surface area contributed by atoms with Gasteiger partial charge in [-0.15, -0.1) is 11.3 Å². The van der Waals surface area contributed by atoms with Gasteiger partial charge in [0.15, 0.2) is 11.5 Å². The van der Waals surface area contributed by atoms with Crippen molar-refractivity contribution in [3.05, 3.63) is 48.0 Å². The van der Waals surface area contributed by atoms with Crippen LogP contribution in [0.25, 0.3) is 20.5 Å². The molecule has 0 saturated heterocycles. The van der Waals surface area contributed by atoms with E-state index in [1.165, 1.54) is 9.58 Å². The summed E-state index contributed by atoms with van der Waals surface area (Å²) in [5, 5.41) is 9.98. The Kier molecular flexibility index (Phi) is 2.41. The molecule has 0 saturated carbocycles. The number of thiophene rings is 1. The van der Waals surface area contributed by atoms with Crippen LogP contribution < -0.4 is 9.47 Å². The second-order valence-electron chi connectivity index (χ2n) is 4.54. The Morgan fingerprint density at radius 2 is 1.75 bits per heavy atom. The molecular weight excluding hydrogens is 270 g/mol. The lowest BCUT2D eigenvalue weighted by Gasteiger charge is -1.95. The smallest absolute Gasteiger partial charge is 0.231 e. The van der Waals surface area contributed by atoms with Crippen LogP contribution in [0.15, 0.2) is 42.5 Å². The van der Waals surface area contributed by atoms with Crippen LogP contribution in [-0.4, -0.2) is 6.79 Å². The topological polar surface area (TPSA) is 42.2 Å². The average Bonchev–Trinajstić information content (AvgIpc) is 3.10. The molecule has 0 amide bonds. The monoisotopic (exact) mass is 279 g/mol. The maximum atomic E-state index is 8.83. The molecule has 3 nitrogen and oxygen atoms in total. The first-order chi connectivity index (χ1) is 9.83. The van der Waals surface area contributed by atoms with Crippen LogP contribution in [0.3, 0.4) is 0 Å². The first-order valence-electron chi connectivity index (χ1n) is 6.17. The van der Waals surface area contributed by atoms with E-state index in [2.05, 4.69) is 12.1 Å². The first-order valence-corrected chi connectivity index (χ1v) is 6.99. The predicted octanol–water partition coefficient (Wildman–Crippen LogP) is 4.17. The van der Waals surface area contributed by atoms with E-state index in [1.54, 1.807) is 11.3 Å². The van der Waals surface area contributed by atoms with Gasteiger partial charge in [-0.2, -0.15) is 5.26 Å². The molecule has 0 unspecified atom stereocenters. The highest BCUT2D eigenvalue weighted by molar-refractivity contribution is 7.22. The number of fused-ring (bicyclic) bond motifs is 2. The van der Waals surface area contributed by atoms with Gasteiger partial charge in [0.05, 0.1) is 11.6 Å². The standard InChI is InChI=1S/C16H9NO2S/c17-8-10-1-3-11(4-2-10)15-6-12-5-13-14(19-9-18-13)7-16(12)20-15/h1-7H,9H2. The van der Waals surface area contributed by atoms with Crippen molar-refractivity contribution in [1.82, 2.24) is 0 Å². The minimum atomic E-state index is 0.301. The molecule has 2 aromatic carbocycles. The lowest BCUT2D eigenvalue weighted by molar-refractivity contribution is 0.174. The number of benzene rings is 2. The van der Waals surface area contributed by atoms with Gasteiger partial charge in [0, 0.05) is 15.6 Å². The Labute approximate surface area is 119 Å². The van der Waals surface area contributed by atoms with Gasteiger partial charge < -0.3 is 9.47 Å². The Balaban J connectivity index is 1.82. The lowest BCUT2D eigenvalue weighted by Crippen LogP contribution is -1.92. The molecule has 20 heavy (non-hydrogen) atoms. The molecule has 4 rings (SSSR count). The van der Waals surface area contributed by atoms with Crippen molar-refractivity contribution in [3.8, 4) is 28.0 Å². The molecule has 0 atom stereocenters. The summed E-state index contributed by atoms with van der Waals surface area (Å²) < 4.78 is 12.0. The summed E-state index contributed by atoms with van der Waals surface area (Å²) in [6.07, 6.45) is 0. The van der Waals surface area contributed by atoms with Crippen molar-refractivity contribution in [2.45, 2.75) is 0 Å². The fourth-order valence-corrected chi connectivity index (χ4v) is 3.36. The zero-order valence-corrected chi connectivity index (χ0v) is 11.2. The van der Waals surface area contributed by atoms with E-state index < -0.39 is 0 Å². The number of rotatable bonds is 1. The SMILES string of the molecule is N#Cc1ccc(-c2cc3cc4c(cc3s2)OCO4)cc1. The molecule has 96 valence electrons. The number of nitrogens with zero attached hydrogens (tertiary/aromatic N) is 1. The van der Waals surface area contributed by atoms with E-state index in [-0.39, 0.29) is 0 Å². The maximum Gasteiger partial charge on any atom is 0.231 e. The summed E-state index contributed by atoms with van der Waals surface area (Å²) in [5.74, 6) is 1.62. The molecular formula is C16H9NO2S. The number of ether oxygens (including phenoxy) is 2. The normalized spacial score (nSPS) is 12.6. The summed E-state index contributed by atoms with van der Waals surface area (Å²) in [4.78, 5) is 1.17. The summed E-state index contributed by atoms with van der Waals surface area (Å²) in [6, 6.07) is 15.9. The van der Waals surface area contributed by atoms with Crippen LogP contribution in [0.4, 0.5) is 0 Å². The molecule has 0 spiro atoms. The van der Waals surface area contributed by atoms with Crippen molar-refractivity contribution in [1.29, 1.82) is 5.26 Å². The Hall–Kier alpha value is -2.51. The largest absolute Gasteiger partial charge is 0.454 e. The molecule has 0 N–H and O–H groups in total. The third-order valence-electron chi connectivity index (χ3n) is 3.31. The second kappa shape index (κ2) is 4.26. The van der Waals surface area contributed by atoms with Gasteiger partial charge in [-0.25, -0.2) is 0 Å². The van der Waals surface area contributed by atoms with Gasteiger partial charge in [-0.05, 0) is 35.2 Å². The third kappa shape index (κ3) is 1.72. The van der Waals surface area contributed by atoms with Crippen LogP contribution in [0.1, 0.15) is 5.56 Å².